The van der Waals surface area contributed by atoms with Crippen molar-refractivity contribution in [3.63, 3.8) is 0 Å². The van der Waals surface area contributed by atoms with Crippen LogP contribution in [0.2, 0.25) is 5.02 Å². The van der Waals surface area contributed by atoms with Gasteiger partial charge in [-0.25, -0.2) is 4.98 Å². The summed E-state index contributed by atoms with van der Waals surface area (Å²) in [5.74, 6) is 1.06. The van der Waals surface area contributed by atoms with Crippen LogP contribution in [0.25, 0.3) is 0 Å². The average molecular weight is 428 g/mol. The molecule has 0 spiro atoms. The minimum atomic E-state index is -0.119. The summed E-state index contributed by atoms with van der Waals surface area (Å²) >= 11 is 5.92. The lowest BCUT2D eigenvalue weighted by molar-refractivity contribution is -0.143. The minimum Gasteiger partial charge on any atom is -0.353 e. The number of anilines is 1. The summed E-state index contributed by atoms with van der Waals surface area (Å²) in [6.45, 7) is 3.94. The van der Waals surface area contributed by atoms with Crippen LogP contribution in [-0.4, -0.2) is 70.9 Å². The Labute approximate surface area is 181 Å². The number of amides is 2. The number of hydrogen-bond acceptors (Lipinski definition) is 5. The highest BCUT2D eigenvalue weighted by molar-refractivity contribution is 6.30. The second-order valence-corrected chi connectivity index (χ2v) is 8.23. The van der Waals surface area contributed by atoms with E-state index in [2.05, 4.69) is 14.9 Å². The molecule has 0 bridgehead atoms. The largest absolute Gasteiger partial charge is 0.353 e. The molecule has 2 aliphatic rings. The quantitative estimate of drug-likeness (QED) is 0.732. The van der Waals surface area contributed by atoms with Crippen molar-refractivity contribution >= 4 is 29.2 Å². The smallest absolute Gasteiger partial charge is 0.227 e. The van der Waals surface area contributed by atoms with Crippen LogP contribution in [0.4, 0.5) is 5.82 Å². The van der Waals surface area contributed by atoms with E-state index < -0.39 is 0 Å². The number of carbonyl (C=O) groups is 2. The van der Waals surface area contributed by atoms with E-state index in [1.807, 2.05) is 40.1 Å². The molecule has 30 heavy (non-hydrogen) atoms. The topological polar surface area (TPSA) is 69.6 Å². The van der Waals surface area contributed by atoms with Crippen LogP contribution in [0.15, 0.2) is 42.7 Å². The summed E-state index contributed by atoms with van der Waals surface area (Å²) in [6, 6.07) is 9.54. The predicted octanol–water partition coefficient (Wildman–Crippen LogP) is 2.26. The number of aromatic nitrogens is 2. The predicted molar refractivity (Wildman–Crippen MR) is 115 cm³/mol. The summed E-state index contributed by atoms with van der Waals surface area (Å²) in [5, 5.41) is 0.618. The first-order valence-electron chi connectivity index (χ1n) is 10.4. The third kappa shape index (κ3) is 4.90. The molecule has 0 aromatic carbocycles. The summed E-state index contributed by atoms with van der Waals surface area (Å²) < 4.78 is 0. The van der Waals surface area contributed by atoms with Gasteiger partial charge in [0.25, 0.3) is 0 Å². The van der Waals surface area contributed by atoms with E-state index in [4.69, 9.17) is 11.6 Å². The van der Waals surface area contributed by atoms with E-state index in [-0.39, 0.29) is 17.7 Å². The van der Waals surface area contributed by atoms with Crippen LogP contribution in [0.3, 0.4) is 0 Å². The molecule has 2 aromatic rings. The summed E-state index contributed by atoms with van der Waals surface area (Å²) in [4.78, 5) is 40.1. The fourth-order valence-electron chi connectivity index (χ4n) is 4.10. The van der Waals surface area contributed by atoms with Crippen LogP contribution in [0, 0.1) is 5.92 Å². The molecule has 2 saturated heterocycles. The van der Waals surface area contributed by atoms with Crippen molar-refractivity contribution in [3.8, 4) is 0 Å². The average Bonchev–Trinajstić information content (AvgIpc) is 2.79. The lowest BCUT2D eigenvalue weighted by atomic mass is 9.95. The number of nitrogens with zero attached hydrogens (tertiary/aromatic N) is 5. The minimum absolute atomic E-state index is 0.119. The fraction of sp³-hybridized carbons (Fsp3) is 0.455. The molecule has 2 aliphatic heterocycles. The van der Waals surface area contributed by atoms with Crippen molar-refractivity contribution in [1.82, 2.24) is 19.8 Å². The molecule has 158 valence electrons. The van der Waals surface area contributed by atoms with Gasteiger partial charge in [0.05, 0.1) is 10.9 Å². The van der Waals surface area contributed by atoms with Gasteiger partial charge in [-0.05, 0) is 30.7 Å². The van der Waals surface area contributed by atoms with E-state index in [1.165, 1.54) is 0 Å². The third-order valence-corrected chi connectivity index (χ3v) is 6.06. The van der Waals surface area contributed by atoms with Crippen LogP contribution in [0.1, 0.15) is 18.5 Å². The van der Waals surface area contributed by atoms with Gasteiger partial charge in [-0.15, -0.1) is 0 Å². The van der Waals surface area contributed by atoms with Gasteiger partial charge in [0, 0.05) is 70.2 Å². The highest BCUT2D eigenvalue weighted by atomic mass is 35.5. The number of piperidine rings is 1. The molecular formula is C22H26ClN5O2. The normalized spacial score (nSPS) is 19.8. The van der Waals surface area contributed by atoms with Crippen molar-refractivity contribution < 1.29 is 9.59 Å². The van der Waals surface area contributed by atoms with Crippen molar-refractivity contribution in [2.75, 3.05) is 44.2 Å². The van der Waals surface area contributed by atoms with E-state index >= 15 is 0 Å². The summed E-state index contributed by atoms with van der Waals surface area (Å²) in [7, 11) is 0. The van der Waals surface area contributed by atoms with Gasteiger partial charge in [0.1, 0.15) is 5.82 Å². The van der Waals surface area contributed by atoms with E-state index in [0.717, 1.165) is 24.6 Å². The number of piperazine rings is 1. The van der Waals surface area contributed by atoms with Crippen LogP contribution >= 0.6 is 11.6 Å². The molecule has 7 nitrogen and oxygen atoms in total. The Hall–Kier alpha value is -2.67. The van der Waals surface area contributed by atoms with Crippen molar-refractivity contribution in [2.45, 2.75) is 19.3 Å². The number of pyridine rings is 2. The second-order valence-electron chi connectivity index (χ2n) is 7.79. The number of likely N-dealkylation sites (tertiary alicyclic amines) is 1. The molecule has 8 heteroatoms. The molecule has 0 aliphatic carbocycles. The molecule has 0 N–H and O–H groups in total. The van der Waals surface area contributed by atoms with E-state index in [9.17, 15) is 9.59 Å². The van der Waals surface area contributed by atoms with Crippen molar-refractivity contribution in [2.24, 2.45) is 5.92 Å². The maximum absolute atomic E-state index is 13.1. The van der Waals surface area contributed by atoms with Crippen molar-refractivity contribution in [3.05, 3.63) is 53.4 Å². The van der Waals surface area contributed by atoms with Gasteiger partial charge in [0.15, 0.2) is 0 Å². The van der Waals surface area contributed by atoms with Crippen LogP contribution in [-0.2, 0) is 16.0 Å². The van der Waals surface area contributed by atoms with Crippen LogP contribution in [0.5, 0.6) is 0 Å². The number of carbonyl (C=O) groups excluding carboxylic acids is 2. The molecule has 1 unspecified atom stereocenters. The van der Waals surface area contributed by atoms with E-state index in [1.54, 1.807) is 12.4 Å². The highest BCUT2D eigenvalue weighted by Crippen LogP contribution is 2.22. The molecule has 2 aromatic heterocycles. The first kappa shape index (κ1) is 20.6. The van der Waals surface area contributed by atoms with Gasteiger partial charge in [0.2, 0.25) is 11.8 Å². The third-order valence-electron chi connectivity index (χ3n) is 5.84. The number of rotatable bonds is 5. The Kier molecular flexibility index (Phi) is 6.47. The fourth-order valence-corrected chi connectivity index (χ4v) is 4.21. The summed E-state index contributed by atoms with van der Waals surface area (Å²) in [6.07, 6.45) is 5.19. The molecule has 4 rings (SSSR count). The molecule has 0 saturated carbocycles. The first-order chi connectivity index (χ1) is 14.6. The monoisotopic (exact) mass is 427 g/mol. The summed E-state index contributed by atoms with van der Waals surface area (Å²) in [5.41, 5.74) is 0.964. The number of hydrogen-bond donors (Lipinski definition) is 0. The highest BCUT2D eigenvalue weighted by Gasteiger charge is 2.33. The maximum Gasteiger partial charge on any atom is 0.227 e. The molecule has 2 amide bonds. The molecule has 1 atom stereocenters. The Balaban J connectivity index is 1.30. The molecule has 2 fully saturated rings. The first-order valence-corrected chi connectivity index (χ1v) is 10.8. The maximum atomic E-state index is 13.1. The Morgan fingerprint density at radius 1 is 1.10 bits per heavy atom. The Morgan fingerprint density at radius 2 is 1.93 bits per heavy atom. The van der Waals surface area contributed by atoms with Gasteiger partial charge in [-0.3, -0.25) is 14.6 Å². The zero-order chi connectivity index (χ0) is 20.9. The van der Waals surface area contributed by atoms with Gasteiger partial charge in [-0.2, -0.15) is 0 Å². The van der Waals surface area contributed by atoms with E-state index in [0.29, 0.717) is 50.5 Å². The number of halogens is 1. The van der Waals surface area contributed by atoms with Gasteiger partial charge in [-0.1, -0.05) is 17.7 Å². The Bertz CT molecular complexity index is 869. The van der Waals surface area contributed by atoms with Crippen LogP contribution < -0.4 is 4.90 Å². The standard InChI is InChI=1S/C22H26ClN5O2/c23-18-5-6-20(25-15-18)26-11-13-27(14-12-26)22(30)17-4-7-21(29)28(16-17)10-8-19-3-1-2-9-24-19/h1-3,5-6,9,15,17H,4,7-8,10-14,16H2. The second kappa shape index (κ2) is 9.43. The van der Waals surface area contributed by atoms with Crippen molar-refractivity contribution in [1.29, 1.82) is 0 Å². The molecule has 4 heterocycles. The lowest BCUT2D eigenvalue weighted by Gasteiger charge is -2.39. The van der Waals surface area contributed by atoms with Gasteiger partial charge < -0.3 is 14.7 Å². The molecule has 0 radical (unpaired) electrons. The van der Waals surface area contributed by atoms with Gasteiger partial charge >= 0.3 is 0 Å². The Morgan fingerprint density at radius 3 is 2.63 bits per heavy atom. The zero-order valence-electron chi connectivity index (χ0n) is 16.9. The zero-order valence-corrected chi connectivity index (χ0v) is 17.7. The molecular weight excluding hydrogens is 402 g/mol. The SMILES string of the molecule is O=C1CCC(C(=O)N2CCN(c3ccc(Cl)cn3)CC2)CN1CCc1ccccn1. The lowest BCUT2D eigenvalue weighted by Crippen LogP contribution is -2.53.